The van der Waals surface area contributed by atoms with Crippen LogP contribution in [0.4, 0.5) is 14.7 Å². The van der Waals surface area contributed by atoms with Crippen LogP contribution in [0.25, 0.3) is 0 Å². The van der Waals surface area contributed by atoms with Crippen LogP contribution in [-0.4, -0.2) is 27.6 Å². The minimum atomic E-state index is -1.63. The van der Waals surface area contributed by atoms with Crippen LogP contribution in [0.15, 0.2) is 18.2 Å². The van der Waals surface area contributed by atoms with Gasteiger partial charge in [0.2, 0.25) is 5.95 Å². The van der Waals surface area contributed by atoms with Gasteiger partial charge in [-0.25, -0.2) is 13.8 Å². The molecule has 1 N–H and O–H groups in total. The average molecular weight is 364 g/mol. The average Bonchev–Trinajstić information content (AvgIpc) is 2.56. The Morgan fingerprint density at radius 1 is 1.19 bits per heavy atom. The van der Waals surface area contributed by atoms with Crippen LogP contribution in [-0.2, 0) is 5.67 Å². The third-order valence-corrected chi connectivity index (χ3v) is 3.97. The van der Waals surface area contributed by atoms with E-state index in [-0.39, 0.29) is 17.7 Å². The highest BCUT2D eigenvalue weighted by Gasteiger charge is 2.24. The number of anilines is 1. The number of aryl methyl sites for hydroxylation is 2. The molecule has 0 saturated carbocycles. The second kappa shape index (κ2) is 8.38. The Balaban J connectivity index is 1.97. The topological polar surface area (TPSA) is 59.9 Å². The minimum absolute atomic E-state index is 0.0638. The standard InChI is InChI=1S/C19H26F2N4O/c1-6-14(9-10-26-15-7-8-16(20)12(2)11-15)24-18-23-13(3)22-17(25-18)19(4,5)21/h7-8,11,14H,6,9-10H2,1-5H3,(H,22,23,24,25). The minimum Gasteiger partial charge on any atom is -0.494 e. The van der Waals surface area contributed by atoms with Gasteiger partial charge in [0.25, 0.3) is 0 Å². The lowest BCUT2D eigenvalue weighted by atomic mass is 10.1. The summed E-state index contributed by atoms with van der Waals surface area (Å²) in [6.45, 7) is 8.74. The lowest BCUT2D eigenvalue weighted by Crippen LogP contribution is -2.25. The zero-order valence-corrected chi connectivity index (χ0v) is 15.9. The van der Waals surface area contributed by atoms with Crippen molar-refractivity contribution >= 4 is 5.95 Å². The van der Waals surface area contributed by atoms with Gasteiger partial charge in [-0.1, -0.05) is 6.92 Å². The molecule has 142 valence electrons. The number of nitrogens with one attached hydrogen (secondary N) is 1. The molecule has 26 heavy (non-hydrogen) atoms. The number of aromatic nitrogens is 3. The molecule has 1 aromatic heterocycles. The first-order valence-corrected chi connectivity index (χ1v) is 8.76. The van der Waals surface area contributed by atoms with Crippen LogP contribution in [0.3, 0.4) is 0 Å². The van der Waals surface area contributed by atoms with Crippen LogP contribution < -0.4 is 10.1 Å². The van der Waals surface area contributed by atoms with E-state index >= 15 is 0 Å². The SMILES string of the molecule is CCC(CCOc1ccc(F)c(C)c1)Nc1nc(C)nc(C(C)(C)F)n1. The molecule has 0 bridgehead atoms. The number of halogens is 2. The molecule has 2 aromatic rings. The zero-order valence-electron chi connectivity index (χ0n) is 15.9. The van der Waals surface area contributed by atoms with Gasteiger partial charge in [0.15, 0.2) is 11.5 Å². The van der Waals surface area contributed by atoms with Gasteiger partial charge >= 0.3 is 0 Å². The molecule has 1 unspecified atom stereocenters. The maximum atomic E-state index is 14.1. The Bertz CT molecular complexity index is 747. The molecule has 0 aliphatic carbocycles. The summed E-state index contributed by atoms with van der Waals surface area (Å²) in [5.41, 5.74) is -1.08. The molecule has 0 saturated heterocycles. The van der Waals surface area contributed by atoms with Gasteiger partial charge in [0.05, 0.1) is 6.61 Å². The Kier molecular flexibility index (Phi) is 6.45. The van der Waals surface area contributed by atoms with E-state index in [9.17, 15) is 8.78 Å². The normalized spacial score (nSPS) is 12.7. The summed E-state index contributed by atoms with van der Waals surface area (Å²) in [4.78, 5) is 12.5. The Morgan fingerprint density at radius 3 is 2.54 bits per heavy atom. The Hall–Kier alpha value is -2.31. The predicted molar refractivity (Wildman–Crippen MR) is 97.6 cm³/mol. The van der Waals surface area contributed by atoms with E-state index in [0.717, 1.165) is 6.42 Å². The van der Waals surface area contributed by atoms with Crippen LogP contribution in [0, 0.1) is 19.7 Å². The van der Waals surface area contributed by atoms with Crippen molar-refractivity contribution in [1.82, 2.24) is 15.0 Å². The van der Waals surface area contributed by atoms with Gasteiger partial charge < -0.3 is 10.1 Å². The summed E-state index contributed by atoms with van der Waals surface area (Å²) in [6, 6.07) is 4.75. The summed E-state index contributed by atoms with van der Waals surface area (Å²) in [7, 11) is 0. The molecule has 1 heterocycles. The number of rotatable bonds is 8. The first-order valence-electron chi connectivity index (χ1n) is 8.76. The molecule has 0 aliphatic heterocycles. The molecule has 0 amide bonds. The maximum absolute atomic E-state index is 14.1. The van der Waals surface area contributed by atoms with Gasteiger partial charge in [-0.05, 0) is 57.9 Å². The smallest absolute Gasteiger partial charge is 0.226 e. The third-order valence-electron chi connectivity index (χ3n) is 3.97. The lowest BCUT2D eigenvalue weighted by molar-refractivity contribution is 0.205. The zero-order chi connectivity index (χ0) is 19.3. The molecular weight excluding hydrogens is 338 g/mol. The second-order valence-electron chi connectivity index (χ2n) is 6.80. The van der Waals surface area contributed by atoms with E-state index in [1.54, 1.807) is 26.0 Å². The molecule has 2 rings (SSSR count). The fourth-order valence-electron chi connectivity index (χ4n) is 2.40. The highest BCUT2D eigenvalue weighted by atomic mass is 19.1. The summed E-state index contributed by atoms with van der Waals surface area (Å²) < 4.78 is 33.1. The molecule has 0 fully saturated rings. The molecule has 0 aliphatic rings. The van der Waals surface area contributed by atoms with E-state index in [4.69, 9.17) is 4.74 Å². The van der Waals surface area contributed by atoms with Crippen LogP contribution >= 0.6 is 0 Å². The molecule has 0 spiro atoms. The van der Waals surface area contributed by atoms with E-state index < -0.39 is 5.67 Å². The van der Waals surface area contributed by atoms with Gasteiger partial charge in [-0.2, -0.15) is 9.97 Å². The van der Waals surface area contributed by atoms with Gasteiger partial charge in [0, 0.05) is 12.5 Å². The Labute approximate surface area is 153 Å². The summed E-state index contributed by atoms with van der Waals surface area (Å²) in [5, 5.41) is 3.22. The molecule has 5 nitrogen and oxygen atoms in total. The lowest BCUT2D eigenvalue weighted by Gasteiger charge is -2.19. The molecular formula is C19H26F2N4O. The molecule has 1 atom stereocenters. The first kappa shape index (κ1) is 20.0. The van der Waals surface area contributed by atoms with Gasteiger partial charge in [0.1, 0.15) is 17.4 Å². The number of hydrogen-bond acceptors (Lipinski definition) is 5. The van der Waals surface area contributed by atoms with E-state index in [1.165, 1.54) is 19.9 Å². The highest BCUT2D eigenvalue weighted by Crippen LogP contribution is 2.22. The molecule has 7 heteroatoms. The second-order valence-corrected chi connectivity index (χ2v) is 6.80. The van der Waals surface area contributed by atoms with E-state index in [2.05, 4.69) is 20.3 Å². The van der Waals surface area contributed by atoms with E-state index in [0.29, 0.717) is 36.1 Å². The summed E-state index contributed by atoms with van der Waals surface area (Å²) in [6.07, 6.45) is 1.52. The van der Waals surface area contributed by atoms with Crippen LogP contribution in [0.1, 0.15) is 50.8 Å². The highest BCUT2D eigenvalue weighted by molar-refractivity contribution is 5.29. The monoisotopic (exact) mass is 364 g/mol. The molecule has 1 aromatic carbocycles. The van der Waals surface area contributed by atoms with Crippen molar-refractivity contribution in [1.29, 1.82) is 0 Å². The summed E-state index contributed by atoms with van der Waals surface area (Å²) >= 11 is 0. The number of benzene rings is 1. The number of hydrogen-bond donors (Lipinski definition) is 1. The summed E-state index contributed by atoms with van der Waals surface area (Å²) in [5.74, 6) is 1.33. The third kappa shape index (κ3) is 5.61. The largest absolute Gasteiger partial charge is 0.494 e. The van der Waals surface area contributed by atoms with Crippen molar-refractivity contribution in [3.05, 3.63) is 41.2 Å². The van der Waals surface area contributed by atoms with Crippen molar-refractivity contribution in [3.63, 3.8) is 0 Å². The number of ether oxygens (including phenoxy) is 1. The Morgan fingerprint density at radius 2 is 1.92 bits per heavy atom. The molecule has 0 radical (unpaired) electrons. The predicted octanol–water partition coefficient (Wildman–Crippen LogP) is 4.49. The van der Waals surface area contributed by atoms with Crippen molar-refractivity contribution in [3.8, 4) is 5.75 Å². The van der Waals surface area contributed by atoms with Crippen LogP contribution in [0.2, 0.25) is 0 Å². The number of nitrogens with zero attached hydrogens (tertiary/aromatic N) is 3. The van der Waals surface area contributed by atoms with Crippen molar-refractivity contribution < 1.29 is 13.5 Å². The van der Waals surface area contributed by atoms with Gasteiger partial charge in [-0.15, -0.1) is 0 Å². The fraction of sp³-hybridized carbons (Fsp3) is 0.526. The van der Waals surface area contributed by atoms with Crippen LogP contribution in [0.5, 0.6) is 5.75 Å². The van der Waals surface area contributed by atoms with Crippen molar-refractivity contribution in [2.45, 2.75) is 59.2 Å². The van der Waals surface area contributed by atoms with Gasteiger partial charge in [-0.3, -0.25) is 0 Å². The fourth-order valence-corrected chi connectivity index (χ4v) is 2.40. The number of alkyl halides is 1. The van der Waals surface area contributed by atoms with Crippen molar-refractivity contribution in [2.24, 2.45) is 0 Å². The first-order chi connectivity index (χ1) is 12.2. The van der Waals surface area contributed by atoms with E-state index in [1.807, 2.05) is 6.92 Å². The maximum Gasteiger partial charge on any atom is 0.226 e. The quantitative estimate of drug-likeness (QED) is 0.748. The van der Waals surface area contributed by atoms with Crippen molar-refractivity contribution in [2.75, 3.05) is 11.9 Å².